The number of rotatable bonds is 13. The van der Waals surface area contributed by atoms with E-state index in [4.69, 9.17) is 4.74 Å². The highest BCUT2D eigenvalue weighted by Crippen LogP contribution is 2.26. The molecule has 0 aliphatic carbocycles. The Morgan fingerprint density at radius 3 is 2.07 bits per heavy atom. The number of amides is 2. The van der Waals surface area contributed by atoms with E-state index in [0.29, 0.717) is 18.6 Å². The first-order valence-corrected chi connectivity index (χ1v) is 15.0. The third kappa shape index (κ3) is 8.07. The highest BCUT2D eigenvalue weighted by Gasteiger charge is 2.34. The maximum absolute atomic E-state index is 14.1. The largest absolute Gasteiger partial charge is 0.497 e. The average Bonchev–Trinajstić information content (AvgIpc) is 2.96. The number of carbonyl (C=O) groups excluding carboxylic acids is 2. The molecule has 1 N–H and O–H groups in total. The number of carbonyl (C=O) groups is 2. The minimum absolute atomic E-state index is 0.0107. The van der Waals surface area contributed by atoms with E-state index in [-0.39, 0.29) is 29.1 Å². The molecule has 0 fully saturated rings. The molecule has 0 radical (unpaired) electrons. The van der Waals surface area contributed by atoms with Crippen molar-refractivity contribution in [2.45, 2.75) is 64.1 Å². The van der Waals surface area contributed by atoms with Gasteiger partial charge in [0.25, 0.3) is 10.0 Å². The fraction of sp³-hybridized carbons (Fsp3) is 0.355. The summed E-state index contributed by atoms with van der Waals surface area (Å²) in [5.74, 6) is -0.799. The molecule has 0 aliphatic rings. The maximum atomic E-state index is 14.1. The monoisotopic (exact) mass is 583 g/mol. The zero-order valence-electron chi connectivity index (χ0n) is 24.1. The lowest BCUT2D eigenvalue weighted by atomic mass is 10.1. The topological polar surface area (TPSA) is 96.0 Å². The molecule has 8 nitrogen and oxygen atoms in total. The molecule has 0 heterocycles. The zero-order valence-corrected chi connectivity index (χ0v) is 24.9. The summed E-state index contributed by atoms with van der Waals surface area (Å²) in [6, 6.07) is 17.3. The molecule has 0 saturated carbocycles. The van der Waals surface area contributed by atoms with Gasteiger partial charge in [-0.15, -0.1) is 0 Å². The molecular formula is C31H38FN3O5S. The summed E-state index contributed by atoms with van der Waals surface area (Å²) in [4.78, 5) is 28.8. The van der Waals surface area contributed by atoms with Crippen molar-refractivity contribution in [1.29, 1.82) is 0 Å². The number of halogens is 1. The van der Waals surface area contributed by atoms with Gasteiger partial charge >= 0.3 is 0 Å². The van der Waals surface area contributed by atoms with Crippen LogP contribution in [0.5, 0.6) is 5.75 Å². The van der Waals surface area contributed by atoms with E-state index >= 15 is 0 Å². The molecule has 0 aliphatic heterocycles. The lowest BCUT2D eigenvalue weighted by molar-refractivity contribution is -0.140. The van der Waals surface area contributed by atoms with Gasteiger partial charge in [-0.25, -0.2) is 12.8 Å². The number of nitrogens with zero attached hydrogens (tertiary/aromatic N) is 2. The molecule has 3 rings (SSSR count). The summed E-state index contributed by atoms with van der Waals surface area (Å²) in [6.45, 7) is 6.94. The van der Waals surface area contributed by atoms with Crippen molar-refractivity contribution in [3.8, 4) is 5.75 Å². The van der Waals surface area contributed by atoms with Gasteiger partial charge in [-0.2, -0.15) is 0 Å². The lowest BCUT2D eigenvalue weighted by Gasteiger charge is -2.33. The second kappa shape index (κ2) is 14.1. The minimum atomic E-state index is -4.22. The molecule has 2 amide bonds. The molecule has 0 unspecified atom stereocenters. The van der Waals surface area contributed by atoms with Crippen LogP contribution < -0.4 is 14.4 Å². The summed E-state index contributed by atoms with van der Waals surface area (Å²) in [7, 11) is -2.67. The summed E-state index contributed by atoms with van der Waals surface area (Å²) in [5.41, 5.74) is 1.74. The average molecular weight is 584 g/mol. The Morgan fingerprint density at radius 1 is 0.927 bits per heavy atom. The SMILES string of the molecule is CC[C@H](C)NC(=O)[C@H](CC)N(Cc1ccc(OC)cc1)C(=O)CN(c1ccc(F)cc1)S(=O)(=O)c1ccc(C)cc1. The lowest BCUT2D eigenvalue weighted by Crippen LogP contribution is -2.53. The summed E-state index contributed by atoms with van der Waals surface area (Å²) in [6.07, 6.45) is 1.02. The molecule has 3 aromatic carbocycles. The van der Waals surface area contributed by atoms with E-state index in [1.54, 1.807) is 50.4 Å². The van der Waals surface area contributed by atoms with E-state index in [0.717, 1.165) is 27.6 Å². The second-order valence-corrected chi connectivity index (χ2v) is 11.8. The molecule has 41 heavy (non-hydrogen) atoms. The van der Waals surface area contributed by atoms with Crippen molar-refractivity contribution in [2.24, 2.45) is 0 Å². The van der Waals surface area contributed by atoms with Crippen LogP contribution in [0.25, 0.3) is 0 Å². The highest BCUT2D eigenvalue weighted by atomic mass is 32.2. The Morgan fingerprint density at radius 2 is 1.54 bits per heavy atom. The van der Waals surface area contributed by atoms with Crippen molar-refractivity contribution in [1.82, 2.24) is 10.2 Å². The van der Waals surface area contributed by atoms with Crippen LogP contribution in [0.3, 0.4) is 0 Å². The standard InChI is InChI=1S/C31H38FN3O5S/c1-6-23(4)33-31(37)29(7-2)34(20-24-10-16-27(40-5)17-11-24)30(36)21-35(26-14-12-25(32)13-15-26)41(38,39)28-18-8-22(3)9-19-28/h8-19,23,29H,6-7,20-21H2,1-5H3,(H,33,37)/t23-,29-/m0/s1. The number of anilines is 1. The van der Waals surface area contributed by atoms with Crippen LogP contribution in [0.15, 0.2) is 77.7 Å². The molecule has 0 saturated heterocycles. The number of hydrogen-bond donors (Lipinski definition) is 1. The zero-order chi connectivity index (χ0) is 30.2. The Bertz CT molecular complexity index is 1410. The van der Waals surface area contributed by atoms with Crippen LogP contribution in [0.4, 0.5) is 10.1 Å². The number of ether oxygens (including phenoxy) is 1. The molecule has 0 spiro atoms. The summed E-state index contributed by atoms with van der Waals surface area (Å²) < 4.78 is 47.7. The van der Waals surface area contributed by atoms with E-state index in [2.05, 4.69) is 5.32 Å². The normalized spacial score (nSPS) is 12.7. The summed E-state index contributed by atoms with van der Waals surface area (Å²) >= 11 is 0. The van der Waals surface area contributed by atoms with Gasteiger partial charge in [0, 0.05) is 12.6 Å². The molecule has 0 bridgehead atoms. The van der Waals surface area contributed by atoms with Crippen LogP contribution >= 0.6 is 0 Å². The fourth-order valence-corrected chi connectivity index (χ4v) is 5.68. The predicted octanol–water partition coefficient (Wildman–Crippen LogP) is 5.06. The first-order valence-electron chi connectivity index (χ1n) is 13.6. The number of hydrogen-bond acceptors (Lipinski definition) is 5. The van der Waals surface area contributed by atoms with Crippen LogP contribution in [-0.2, 0) is 26.2 Å². The quantitative estimate of drug-likeness (QED) is 0.304. The van der Waals surface area contributed by atoms with Crippen LogP contribution in [0.2, 0.25) is 0 Å². The van der Waals surface area contributed by atoms with Crippen molar-refractivity contribution in [2.75, 3.05) is 18.0 Å². The predicted molar refractivity (Wildman–Crippen MR) is 158 cm³/mol. The van der Waals surface area contributed by atoms with Crippen molar-refractivity contribution < 1.29 is 27.1 Å². The molecular weight excluding hydrogens is 545 g/mol. The van der Waals surface area contributed by atoms with Crippen molar-refractivity contribution in [3.05, 3.63) is 89.7 Å². The number of nitrogens with one attached hydrogen (secondary N) is 1. The van der Waals surface area contributed by atoms with Gasteiger partial charge in [0.2, 0.25) is 11.8 Å². The van der Waals surface area contributed by atoms with Gasteiger partial charge in [-0.05, 0) is 80.8 Å². The number of aryl methyl sites for hydroxylation is 1. The van der Waals surface area contributed by atoms with Crippen LogP contribution in [0, 0.1) is 12.7 Å². The van der Waals surface area contributed by atoms with Gasteiger partial charge in [0.15, 0.2) is 0 Å². The smallest absolute Gasteiger partial charge is 0.264 e. The number of benzene rings is 3. The molecule has 10 heteroatoms. The summed E-state index contributed by atoms with van der Waals surface area (Å²) in [5, 5.41) is 2.95. The minimum Gasteiger partial charge on any atom is -0.497 e. The molecule has 3 aromatic rings. The van der Waals surface area contributed by atoms with Crippen molar-refractivity contribution in [3.63, 3.8) is 0 Å². The number of methoxy groups -OCH3 is 1. The van der Waals surface area contributed by atoms with Crippen LogP contribution in [0.1, 0.15) is 44.7 Å². The molecule has 0 aromatic heterocycles. The third-order valence-electron chi connectivity index (χ3n) is 6.90. The van der Waals surface area contributed by atoms with E-state index in [1.807, 2.05) is 20.8 Å². The van der Waals surface area contributed by atoms with E-state index in [1.165, 1.54) is 29.2 Å². The van der Waals surface area contributed by atoms with Crippen molar-refractivity contribution >= 4 is 27.5 Å². The highest BCUT2D eigenvalue weighted by molar-refractivity contribution is 7.92. The second-order valence-electron chi connectivity index (χ2n) is 9.91. The van der Waals surface area contributed by atoms with Crippen LogP contribution in [-0.4, -0.2) is 50.9 Å². The van der Waals surface area contributed by atoms with Gasteiger partial charge in [-0.3, -0.25) is 13.9 Å². The Labute approximate surface area is 242 Å². The van der Waals surface area contributed by atoms with Gasteiger partial charge in [0.05, 0.1) is 17.7 Å². The maximum Gasteiger partial charge on any atom is 0.264 e. The first-order chi connectivity index (χ1) is 19.5. The fourth-order valence-electron chi connectivity index (χ4n) is 4.26. The Kier molecular flexibility index (Phi) is 10.9. The molecule has 2 atom stereocenters. The van der Waals surface area contributed by atoms with Gasteiger partial charge < -0.3 is 15.0 Å². The Balaban J connectivity index is 2.05. The molecule has 220 valence electrons. The van der Waals surface area contributed by atoms with Gasteiger partial charge in [-0.1, -0.05) is 43.7 Å². The van der Waals surface area contributed by atoms with E-state index in [9.17, 15) is 22.4 Å². The van der Waals surface area contributed by atoms with Gasteiger partial charge in [0.1, 0.15) is 24.2 Å². The number of sulfonamides is 1. The Hall–Kier alpha value is -3.92. The van der Waals surface area contributed by atoms with E-state index < -0.39 is 34.3 Å². The third-order valence-corrected chi connectivity index (χ3v) is 8.69. The first kappa shape index (κ1) is 31.6.